The van der Waals surface area contributed by atoms with Crippen LogP contribution in [-0.4, -0.2) is 86.8 Å². The van der Waals surface area contributed by atoms with Gasteiger partial charge in [0, 0.05) is 52.4 Å². The van der Waals surface area contributed by atoms with E-state index in [1.807, 2.05) is 0 Å². The van der Waals surface area contributed by atoms with E-state index in [1.165, 1.54) is 71.5 Å². The predicted molar refractivity (Wildman–Crippen MR) is 84.3 cm³/mol. The highest BCUT2D eigenvalue weighted by Crippen LogP contribution is 2.13. The number of piperidine rings is 1. The Balaban J connectivity index is 1.69. The molecule has 20 heavy (non-hydrogen) atoms. The fourth-order valence-corrected chi connectivity index (χ4v) is 3.52. The highest BCUT2D eigenvalue weighted by molar-refractivity contribution is 4.82. The summed E-state index contributed by atoms with van der Waals surface area (Å²) >= 11 is 0. The van der Waals surface area contributed by atoms with E-state index in [0.717, 1.165) is 19.2 Å². The molecule has 0 aromatic rings. The van der Waals surface area contributed by atoms with Crippen LogP contribution in [0.5, 0.6) is 0 Å². The Morgan fingerprint density at radius 3 is 2.35 bits per heavy atom. The molecule has 4 heteroatoms. The van der Waals surface area contributed by atoms with Crippen molar-refractivity contribution in [2.45, 2.75) is 38.6 Å². The van der Waals surface area contributed by atoms with Gasteiger partial charge in [0.25, 0.3) is 0 Å². The zero-order valence-corrected chi connectivity index (χ0v) is 13.5. The first kappa shape index (κ1) is 16.2. The maximum atomic E-state index is 5.23. The number of piperazine rings is 1. The minimum absolute atomic E-state index is 0.722. The maximum absolute atomic E-state index is 5.23. The lowest BCUT2D eigenvalue weighted by atomic mass is 10.1. The number of nitrogens with zero attached hydrogens (tertiary/aromatic N) is 3. The van der Waals surface area contributed by atoms with E-state index >= 15 is 0 Å². The SMILES string of the molecule is CCC1CN(CCN2CCCCC2)CCN1CCOC. The number of hydrogen-bond donors (Lipinski definition) is 0. The molecule has 2 saturated heterocycles. The molecule has 0 aliphatic carbocycles. The summed E-state index contributed by atoms with van der Waals surface area (Å²) < 4.78 is 5.23. The Kier molecular flexibility index (Phi) is 7.28. The first-order valence-corrected chi connectivity index (χ1v) is 8.51. The van der Waals surface area contributed by atoms with Crippen LogP contribution in [-0.2, 0) is 4.74 Å². The summed E-state index contributed by atoms with van der Waals surface area (Å²) in [7, 11) is 1.80. The van der Waals surface area contributed by atoms with E-state index < -0.39 is 0 Å². The molecule has 0 bridgehead atoms. The molecule has 1 unspecified atom stereocenters. The van der Waals surface area contributed by atoms with Gasteiger partial charge in [-0.1, -0.05) is 13.3 Å². The normalized spacial score (nSPS) is 27.0. The second kappa shape index (κ2) is 8.98. The van der Waals surface area contributed by atoms with Crippen LogP contribution < -0.4 is 0 Å². The molecule has 0 aromatic heterocycles. The molecule has 118 valence electrons. The molecule has 0 N–H and O–H groups in total. The van der Waals surface area contributed by atoms with Crippen molar-refractivity contribution in [1.29, 1.82) is 0 Å². The summed E-state index contributed by atoms with van der Waals surface area (Å²) in [5.41, 5.74) is 0. The zero-order valence-electron chi connectivity index (χ0n) is 13.5. The largest absolute Gasteiger partial charge is 0.383 e. The summed E-state index contributed by atoms with van der Waals surface area (Å²) in [4.78, 5) is 7.94. The minimum Gasteiger partial charge on any atom is -0.383 e. The number of likely N-dealkylation sites (tertiary alicyclic amines) is 1. The highest BCUT2D eigenvalue weighted by atomic mass is 16.5. The second-order valence-electron chi connectivity index (χ2n) is 6.29. The van der Waals surface area contributed by atoms with Crippen LogP contribution in [0.2, 0.25) is 0 Å². The van der Waals surface area contributed by atoms with Crippen LogP contribution in [0.25, 0.3) is 0 Å². The van der Waals surface area contributed by atoms with Gasteiger partial charge < -0.3 is 9.64 Å². The summed E-state index contributed by atoms with van der Waals surface area (Å²) in [5.74, 6) is 0. The molecular weight excluding hydrogens is 250 g/mol. The van der Waals surface area contributed by atoms with Gasteiger partial charge in [0.05, 0.1) is 6.61 Å². The Morgan fingerprint density at radius 1 is 0.900 bits per heavy atom. The Bertz CT molecular complexity index is 256. The molecule has 0 amide bonds. The first-order valence-electron chi connectivity index (χ1n) is 8.51. The van der Waals surface area contributed by atoms with Crippen LogP contribution in [0.3, 0.4) is 0 Å². The average molecular weight is 283 g/mol. The third-order valence-corrected chi connectivity index (χ3v) is 4.92. The van der Waals surface area contributed by atoms with Crippen molar-refractivity contribution in [2.24, 2.45) is 0 Å². The van der Waals surface area contributed by atoms with Crippen LogP contribution in [0.1, 0.15) is 32.6 Å². The van der Waals surface area contributed by atoms with E-state index in [2.05, 4.69) is 21.6 Å². The highest BCUT2D eigenvalue weighted by Gasteiger charge is 2.25. The lowest BCUT2D eigenvalue weighted by Gasteiger charge is -2.42. The summed E-state index contributed by atoms with van der Waals surface area (Å²) in [6.07, 6.45) is 5.50. The van der Waals surface area contributed by atoms with Gasteiger partial charge in [0.2, 0.25) is 0 Å². The lowest BCUT2D eigenvalue weighted by Crippen LogP contribution is -2.54. The van der Waals surface area contributed by atoms with Crippen molar-refractivity contribution in [3.05, 3.63) is 0 Å². The van der Waals surface area contributed by atoms with Crippen LogP contribution in [0, 0.1) is 0 Å². The van der Waals surface area contributed by atoms with Crippen molar-refractivity contribution in [1.82, 2.24) is 14.7 Å². The van der Waals surface area contributed by atoms with Gasteiger partial charge >= 0.3 is 0 Å². The zero-order chi connectivity index (χ0) is 14.2. The smallest absolute Gasteiger partial charge is 0.0589 e. The molecular formula is C16H33N3O. The number of rotatable bonds is 7. The maximum Gasteiger partial charge on any atom is 0.0589 e. The molecule has 2 aliphatic heterocycles. The fourth-order valence-electron chi connectivity index (χ4n) is 3.52. The van der Waals surface area contributed by atoms with Gasteiger partial charge in [-0.3, -0.25) is 9.80 Å². The predicted octanol–water partition coefficient (Wildman–Crippen LogP) is 1.51. The van der Waals surface area contributed by atoms with Gasteiger partial charge in [-0.25, -0.2) is 0 Å². The summed E-state index contributed by atoms with van der Waals surface area (Å²) in [6.45, 7) is 13.1. The molecule has 0 spiro atoms. The monoisotopic (exact) mass is 283 g/mol. The molecule has 2 fully saturated rings. The molecule has 0 saturated carbocycles. The Morgan fingerprint density at radius 2 is 1.65 bits per heavy atom. The van der Waals surface area contributed by atoms with Crippen molar-refractivity contribution in [2.75, 3.05) is 66.1 Å². The first-order chi connectivity index (χ1) is 9.83. The third kappa shape index (κ3) is 4.99. The number of hydrogen-bond acceptors (Lipinski definition) is 4. The molecule has 0 aromatic carbocycles. The molecule has 2 aliphatic rings. The van der Waals surface area contributed by atoms with Gasteiger partial charge in [0.15, 0.2) is 0 Å². The second-order valence-corrected chi connectivity index (χ2v) is 6.29. The Hall–Kier alpha value is -0.160. The standard InChI is InChI=1S/C16H33N3O/c1-3-16-15-18(11-12-19(16)13-14-20-2)10-9-17-7-5-4-6-8-17/h16H,3-15H2,1-2H3. The summed E-state index contributed by atoms with van der Waals surface area (Å²) in [6, 6.07) is 0.722. The van der Waals surface area contributed by atoms with Crippen LogP contribution in [0.15, 0.2) is 0 Å². The van der Waals surface area contributed by atoms with Gasteiger partial charge in [-0.05, 0) is 32.4 Å². The van der Waals surface area contributed by atoms with Crippen molar-refractivity contribution < 1.29 is 4.74 Å². The van der Waals surface area contributed by atoms with Gasteiger partial charge in [0.1, 0.15) is 0 Å². The van der Waals surface area contributed by atoms with Crippen LogP contribution in [0.4, 0.5) is 0 Å². The van der Waals surface area contributed by atoms with Gasteiger partial charge in [-0.2, -0.15) is 0 Å². The van der Waals surface area contributed by atoms with Gasteiger partial charge in [-0.15, -0.1) is 0 Å². The van der Waals surface area contributed by atoms with E-state index in [-0.39, 0.29) is 0 Å². The van der Waals surface area contributed by atoms with Crippen molar-refractivity contribution in [3.8, 4) is 0 Å². The summed E-state index contributed by atoms with van der Waals surface area (Å²) in [5, 5.41) is 0. The Labute approximate surface area is 125 Å². The fraction of sp³-hybridized carbons (Fsp3) is 1.00. The van der Waals surface area contributed by atoms with Crippen LogP contribution >= 0.6 is 0 Å². The van der Waals surface area contributed by atoms with Crippen molar-refractivity contribution >= 4 is 0 Å². The van der Waals surface area contributed by atoms with E-state index in [1.54, 1.807) is 7.11 Å². The molecule has 2 heterocycles. The van der Waals surface area contributed by atoms with E-state index in [9.17, 15) is 0 Å². The van der Waals surface area contributed by atoms with E-state index in [4.69, 9.17) is 4.74 Å². The molecule has 4 nitrogen and oxygen atoms in total. The van der Waals surface area contributed by atoms with E-state index in [0.29, 0.717) is 0 Å². The topological polar surface area (TPSA) is 19.0 Å². The minimum atomic E-state index is 0.722. The average Bonchev–Trinajstić information content (AvgIpc) is 2.52. The molecule has 1 atom stereocenters. The molecule has 0 radical (unpaired) electrons. The van der Waals surface area contributed by atoms with Crippen molar-refractivity contribution in [3.63, 3.8) is 0 Å². The lowest BCUT2D eigenvalue weighted by molar-refractivity contribution is 0.0444. The number of methoxy groups -OCH3 is 1. The third-order valence-electron chi connectivity index (χ3n) is 4.92. The number of ether oxygens (including phenoxy) is 1. The quantitative estimate of drug-likeness (QED) is 0.705. The molecule has 2 rings (SSSR count).